The second-order valence-electron chi connectivity index (χ2n) is 3.43. The highest BCUT2D eigenvalue weighted by Gasteiger charge is 2.07. The van der Waals surface area contributed by atoms with Crippen LogP contribution in [-0.4, -0.2) is 0 Å². The Bertz CT molecular complexity index is 637. The predicted octanol–water partition coefficient (Wildman–Crippen LogP) is 4.80. The second kappa shape index (κ2) is 5.26. The molecule has 2 rings (SSSR count). The maximum absolute atomic E-state index is 13.6. The summed E-state index contributed by atoms with van der Waals surface area (Å²) in [5.41, 5.74) is 0.231. The molecule has 0 fully saturated rings. The Morgan fingerprint density at radius 1 is 1.06 bits per heavy atom. The quantitative estimate of drug-likeness (QED) is 0.792. The van der Waals surface area contributed by atoms with E-state index >= 15 is 0 Å². The zero-order valence-electron chi connectivity index (χ0n) is 8.95. The molecular weight excluding hydrogens is 276 g/mol. The van der Waals surface area contributed by atoms with E-state index in [2.05, 4.69) is 0 Å². The Balaban J connectivity index is 2.29. The van der Waals surface area contributed by atoms with Gasteiger partial charge in [-0.1, -0.05) is 23.2 Å². The van der Waals surface area contributed by atoms with Gasteiger partial charge in [0.2, 0.25) is 0 Å². The normalized spacial score (nSPS) is 9.89. The summed E-state index contributed by atoms with van der Waals surface area (Å²) < 4.78 is 18.9. The van der Waals surface area contributed by atoms with Crippen LogP contribution in [0, 0.1) is 17.1 Å². The summed E-state index contributed by atoms with van der Waals surface area (Å²) in [6, 6.07) is 10.4. The highest BCUT2D eigenvalue weighted by atomic mass is 35.5. The van der Waals surface area contributed by atoms with E-state index in [0.717, 1.165) is 6.07 Å². The van der Waals surface area contributed by atoms with Crippen molar-refractivity contribution < 1.29 is 9.13 Å². The van der Waals surface area contributed by atoms with Gasteiger partial charge in [0.15, 0.2) is 11.6 Å². The van der Waals surface area contributed by atoms with Crippen LogP contribution in [0.1, 0.15) is 5.56 Å². The molecule has 2 aromatic rings. The fraction of sp³-hybridized carbons (Fsp3) is 0. The molecule has 2 nitrogen and oxygen atoms in total. The molecule has 0 aliphatic rings. The van der Waals surface area contributed by atoms with Crippen LogP contribution in [0.25, 0.3) is 0 Å². The van der Waals surface area contributed by atoms with Gasteiger partial charge in [0, 0.05) is 6.07 Å². The molecule has 0 amide bonds. The van der Waals surface area contributed by atoms with Crippen LogP contribution in [0.3, 0.4) is 0 Å². The number of halogens is 3. The third-order valence-corrected chi connectivity index (χ3v) is 2.92. The first kappa shape index (κ1) is 12.7. The lowest BCUT2D eigenvalue weighted by atomic mass is 10.2. The molecule has 90 valence electrons. The van der Waals surface area contributed by atoms with E-state index in [0.29, 0.717) is 15.8 Å². The second-order valence-corrected chi connectivity index (χ2v) is 4.25. The van der Waals surface area contributed by atoms with Gasteiger partial charge in [0.25, 0.3) is 0 Å². The zero-order chi connectivity index (χ0) is 13.1. The van der Waals surface area contributed by atoms with E-state index in [1.165, 1.54) is 18.2 Å². The molecule has 0 saturated heterocycles. The fourth-order valence-electron chi connectivity index (χ4n) is 1.32. The van der Waals surface area contributed by atoms with Crippen molar-refractivity contribution in [1.29, 1.82) is 5.26 Å². The van der Waals surface area contributed by atoms with Crippen molar-refractivity contribution in [1.82, 2.24) is 0 Å². The summed E-state index contributed by atoms with van der Waals surface area (Å²) in [6.45, 7) is 0. The van der Waals surface area contributed by atoms with E-state index < -0.39 is 5.82 Å². The van der Waals surface area contributed by atoms with Crippen molar-refractivity contribution in [2.24, 2.45) is 0 Å². The summed E-state index contributed by atoms with van der Waals surface area (Å²) in [5.74, 6) is -0.222. The van der Waals surface area contributed by atoms with Crippen molar-refractivity contribution in [3.8, 4) is 17.6 Å². The lowest BCUT2D eigenvalue weighted by molar-refractivity contribution is 0.442. The Morgan fingerprint density at radius 3 is 2.44 bits per heavy atom. The average molecular weight is 282 g/mol. The van der Waals surface area contributed by atoms with Gasteiger partial charge in [-0.2, -0.15) is 5.26 Å². The van der Waals surface area contributed by atoms with E-state index in [4.69, 9.17) is 33.2 Å². The van der Waals surface area contributed by atoms with E-state index in [1.54, 1.807) is 12.1 Å². The minimum Gasteiger partial charge on any atom is -0.454 e. The molecule has 0 spiro atoms. The third kappa shape index (κ3) is 2.73. The van der Waals surface area contributed by atoms with E-state index in [9.17, 15) is 4.39 Å². The van der Waals surface area contributed by atoms with Crippen LogP contribution in [-0.2, 0) is 0 Å². The van der Waals surface area contributed by atoms with Crippen LogP contribution in [0.4, 0.5) is 4.39 Å². The summed E-state index contributed by atoms with van der Waals surface area (Å²) in [4.78, 5) is 0. The minimum absolute atomic E-state index is 0.0207. The molecule has 0 heterocycles. The first-order chi connectivity index (χ1) is 8.60. The standard InChI is InChI=1S/C13H6Cl2FNO/c14-10-3-2-9(6-11(10)15)18-13-4-1-8(7-17)5-12(13)16/h1-6H. The Labute approximate surface area is 113 Å². The highest BCUT2D eigenvalue weighted by Crippen LogP contribution is 2.30. The highest BCUT2D eigenvalue weighted by molar-refractivity contribution is 6.42. The zero-order valence-corrected chi connectivity index (χ0v) is 10.5. The summed E-state index contributed by atoms with van der Waals surface area (Å²) in [5, 5.41) is 9.34. The largest absolute Gasteiger partial charge is 0.454 e. The van der Waals surface area contributed by atoms with Gasteiger partial charge in [-0.05, 0) is 30.3 Å². The topological polar surface area (TPSA) is 33.0 Å². The fourth-order valence-corrected chi connectivity index (χ4v) is 1.61. The van der Waals surface area contributed by atoms with Gasteiger partial charge < -0.3 is 4.74 Å². The first-order valence-electron chi connectivity index (χ1n) is 4.92. The van der Waals surface area contributed by atoms with Crippen LogP contribution < -0.4 is 4.74 Å². The van der Waals surface area contributed by atoms with Crippen LogP contribution in [0.15, 0.2) is 36.4 Å². The van der Waals surface area contributed by atoms with Crippen LogP contribution >= 0.6 is 23.2 Å². The predicted molar refractivity (Wildman–Crippen MR) is 67.7 cm³/mol. The molecule has 2 aromatic carbocycles. The minimum atomic E-state index is -0.611. The molecule has 0 atom stereocenters. The molecule has 0 bridgehead atoms. The monoisotopic (exact) mass is 281 g/mol. The molecule has 0 unspecified atom stereocenters. The number of benzene rings is 2. The molecule has 18 heavy (non-hydrogen) atoms. The Morgan fingerprint density at radius 2 is 1.83 bits per heavy atom. The molecule has 0 aromatic heterocycles. The molecule has 0 aliphatic heterocycles. The summed E-state index contributed by atoms with van der Waals surface area (Å²) >= 11 is 11.6. The number of nitriles is 1. The van der Waals surface area contributed by atoms with Crippen molar-refractivity contribution in [2.45, 2.75) is 0 Å². The molecule has 0 radical (unpaired) electrons. The number of hydrogen-bond donors (Lipinski definition) is 0. The maximum atomic E-state index is 13.6. The van der Waals surface area contributed by atoms with Crippen LogP contribution in [0.2, 0.25) is 10.0 Å². The molecule has 0 saturated carbocycles. The lowest BCUT2D eigenvalue weighted by Crippen LogP contribution is -1.89. The SMILES string of the molecule is N#Cc1ccc(Oc2ccc(Cl)c(Cl)c2)c(F)c1. The van der Waals surface area contributed by atoms with Crippen molar-refractivity contribution in [2.75, 3.05) is 0 Å². The van der Waals surface area contributed by atoms with Crippen LogP contribution in [0.5, 0.6) is 11.5 Å². The molecule has 0 aliphatic carbocycles. The number of nitrogens with zero attached hydrogens (tertiary/aromatic N) is 1. The summed E-state index contributed by atoms with van der Waals surface area (Å²) in [7, 11) is 0. The summed E-state index contributed by atoms with van der Waals surface area (Å²) in [6.07, 6.45) is 0. The maximum Gasteiger partial charge on any atom is 0.167 e. The Hall–Kier alpha value is -1.76. The smallest absolute Gasteiger partial charge is 0.167 e. The number of hydrogen-bond acceptors (Lipinski definition) is 2. The van der Waals surface area contributed by atoms with Gasteiger partial charge in [0.1, 0.15) is 5.75 Å². The van der Waals surface area contributed by atoms with Crippen molar-refractivity contribution in [3.63, 3.8) is 0 Å². The van der Waals surface area contributed by atoms with Gasteiger partial charge in [-0.25, -0.2) is 4.39 Å². The van der Waals surface area contributed by atoms with Gasteiger partial charge in [0.05, 0.1) is 21.7 Å². The third-order valence-electron chi connectivity index (χ3n) is 2.18. The van der Waals surface area contributed by atoms with Gasteiger partial charge >= 0.3 is 0 Å². The van der Waals surface area contributed by atoms with Crippen molar-refractivity contribution >= 4 is 23.2 Å². The first-order valence-corrected chi connectivity index (χ1v) is 5.68. The number of ether oxygens (including phenoxy) is 1. The molecular formula is C13H6Cl2FNO. The lowest BCUT2D eigenvalue weighted by Gasteiger charge is -2.07. The van der Waals surface area contributed by atoms with Gasteiger partial charge in [-0.3, -0.25) is 0 Å². The van der Waals surface area contributed by atoms with Gasteiger partial charge in [-0.15, -0.1) is 0 Å². The van der Waals surface area contributed by atoms with E-state index in [-0.39, 0.29) is 11.3 Å². The number of rotatable bonds is 2. The van der Waals surface area contributed by atoms with E-state index in [1.807, 2.05) is 6.07 Å². The van der Waals surface area contributed by atoms with Crippen molar-refractivity contribution in [3.05, 3.63) is 57.8 Å². The Kier molecular flexibility index (Phi) is 3.71. The average Bonchev–Trinajstić information content (AvgIpc) is 2.36. The molecule has 5 heteroatoms. The molecule has 0 N–H and O–H groups in total.